The standard InChI is InChI=1S/C14H18ClNO4/c1-8(2)13(17)16-11(14(18)19)7-9-4-5-12(20-3)10(15)6-9/h4-6,8,11H,7H2,1-3H3,(H,16,17)(H,18,19)/t11-/m1/s1. The number of halogens is 1. The van der Waals surface area contributed by atoms with E-state index in [0.717, 1.165) is 0 Å². The molecule has 0 aliphatic rings. The van der Waals surface area contributed by atoms with Crippen molar-refractivity contribution in [2.24, 2.45) is 5.92 Å². The quantitative estimate of drug-likeness (QED) is 0.843. The summed E-state index contributed by atoms with van der Waals surface area (Å²) in [6.45, 7) is 3.41. The van der Waals surface area contributed by atoms with Crippen LogP contribution in [0.1, 0.15) is 19.4 Å². The number of aliphatic carboxylic acids is 1. The van der Waals surface area contributed by atoms with E-state index in [4.69, 9.17) is 21.4 Å². The molecule has 2 N–H and O–H groups in total. The maximum atomic E-state index is 11.6. The van der Waals surface area contributed by atoms with Gasteiger partial charge in [-0.05, 0) is 17.7 Å². The van der Waals surface area contributed by atoms with Crippen molar-refractivity contribution in [2.75, 3.05) is 7.11 Å². The van der Waals surface area contributed by atoms with Crippen LogP contribution in [0.25, 0.3) is 0 Å². The van der Waals surface area contributed by atoms with Crippen LogP contribution in [-0.4, -0.2) is 30.1 Å². The normalized spacial score (nSPS) is 12.1. The number of rotatable bonds is 6. The highest BCUT2D eigenvalue weighted by atomic mass is 35.5. The van der Waals surface area contributed by atoms with E-state index >= 15 is 0 Å². The zero-order valence-corrected chi connectivity index (χ0v) is 12.4. The second-order valence-electron chi connectivity index (χ2n) is 4.73. The van der Waals surface area contributed by atoms with Crippen molar-refractivity contribution in [3.8, 4) is 5.75 Å². The molecule has 0 bridgehead atoms. The highest BCUT2D eigenvalue weighted by molar-refractivity contribution is 6.32. The SMILES string of the molecule is COc1ccc(C[C@@H](NC(=O)C(C)C)C(=O)O)cc1Cl. The average Bonchev–Trinajstić information content (AvgIpc) is 2.37. The molecule has 5 nitrogen and oxygen atoms in total. The summed E-state index contributed by atoms with van der Waals surface area (Å²) in [7, 11) is 1.50. The third-order valence-electron chi connectivity index (χ3n) is 2.79. The van der Waals surface area contributed by atoms with Gasteiger partial charge >= 0.3 is 5.97 Å². The molecule has 1 amide bonds. The molecule has 0 aliphatic carbocycles. The molecule has 6 heteroatoms. The number of hydrogen-bond donors (Lipinski definition) is 2. The number of carbonyl (C=O) groups is 2. The van der Waals surface area contributed by atoms with Crippen molar-refractivity contribution >= 4 is 23.5 Å². The van der Waals surface area contributed by atoms with Crippen molar-refractivity contribution in [2.45, 2.75) is 26.3 Å². The molecule has 0 unspecified atom stereocenters. The first kappa shape index (κ1) is 16.3. The lowest BCUT2D eigenvalue weighted by Gasteiger charge is -2.16. The van der Waals surface area contributed by atoms with Crippen molar-refractivity contribution in [1.82, 2.24) is 5.32 Å². The Hall–Kier alpha value is -1.75. The van der Waals surface area contributed by atoms with Gasteiger partial charge in [0, 0.05) is 12.3 Å². The molecule has 0 heterocycles. The average molecular weight is 300 g/mol. The van der Waals surface area contributed by atoms with Crippen LogP contribution in [0.5, 0.6) is 5.75 Å². The molecule has 1 atom stereocenters. The van der Waals surface area contributed by atoms with Gasteiger partial charge in [-0.2, -0.15) is 0 Å². The Balaban J connectivity index is 2.83. The minimum absolute atomic E-state index is 0.164. The lowest BCUT2D eigenvalue weighted by Crippen LogP contribution is -2.44. The maximum Gasteiger partial charge on any atom is 0.326 e. The highest BCUT2D eigenvalue weighted by Crippen LogP contribution is 2.25. The van der Waals surface area contributed by atoms with Crippen LogP contribution in [0, 0.1) is 5.92 Å². The third-order valence-corrected chi connectivity index (χ3v) is 3.09. The monoisotopic (exact) mass is 299 g/mol. The van der Waals surface area contributed by atoms with E-state index in [1.54, 1.807) is 32.0 Å². The van der Waals surface area contributed by atoms with Gasteiger partial charge in [0.25, 0.3) is 0 Å². The molecular formula is C14H18ClNO4. The number of carboxylic acids is 1. The van der Waals surface area contributed by atoms with Gasteiger partial charge in [0.1, 0.15) is 11.8 Å². The summed E-state index contributed by atoms with van der Waals surface area (Å²) in [5.41, 5.74) is 0.715. The predicted octanol–water partition coefficient (Wildman–Crippen LogP) is 2.12. The Morgan fingerprint density at radius 2 is 2.05 bits per heavy atom. The van der Waals surface area contributed by atoms with Crippen molar-refractivity contribution < 1.29 is 19.4 Å². The van der Waals surface area contributed by atoms with E-state index in [9.17, 15) is 9.59 Å². The van der Waals surface area contributed by atoms with Crippen LogP contribution in [0.3, 0.4) is 0 Å². The van der Waals surface area contributed by atoms with Crippen molar-refractivity contribution in [3.05, 3.63) is 28.8 Å². The van der Waals surface area contributed by atoms with Crippen LogP contribution in [0.2, 0.25) is 5.02 Å². The molecule has 110 valence electrons. The Morgan fingerprint density at radius 1 is 1.40 bits per heavy atom. The third kappa shape index (κ3) is 4.42. The summed E-state index contributed by atoms with van der Waals surface area (Å²) < 4.78 is 5.03. The summed E-state index contributed by atoms with van der Waals surface area (Å²) in [6, 6.07) is 4.05. The summed E-state index contributed by atoms with van der Waals surface area (Å²) in [5, 5.41) is 12.1. The number of carbonyl (C=O) groups excluding carboxylic acids is 1. The molecule has 1 aromatic carbocycles. The van der Waals surface area contributed by atoms with Crippen molar-refractivity contribution in [1.29, 1.82) is 0 Å². The molecular weight excluding hydrogens is 282 g/mol. The van der Waals surface area contributed by atoms with Gasteiger partial charge in [0.15, 0.2) is 0 Å². The van der Waals surface area contributed by atoms with Crippen LogP contribution < -0.4 is 10.1 Å². The van der Waals surface area contributed by atoms with E-state index in [1.165, 1.54) is 7.11 Å². The van der Waals surface area contributed by atoms with E-state index in [0.29, 0.717) is 16.3 Å². The van der Waals surface area contributed by atoms with Gasteiger partial charge in [-0.15, -0.1) is 0 Å². The topological polar surface area (TPSA) is 75.6 Å². The summed E-state index contributed by atoms with van der Waals surface area (Å²) in [4.78, 5) is 22.8. The van der Waals surface area contributed by atoms with Crippen molar-refractivity contribution in [3.63, 3.8) is 0 Å². The number of hydrogen-bond acceptors (Lipinski definition) is 3. The van der Waals surface area contributed by atoms with Gasteiger partial charge in [0.05, 0.1) is 12.1 Å². The Morgan fingerprint density at radius 3 is 2.50 bits per heavy atom. The maximum absolute atomic E-state index is 11.6. The molecule has 20 heavy (non-hydrogen) atoms. The van der Waals surface area contributed by atoms with E-state index in [-0.39, 0.29) is 18.2 Å². The summed E-state index contributed by atoms with van der Waals surface area (Å²) in [6.07, 6.45) is 0.164. The smallest absolute Gasteiger partial charge is 0.326 e. The summed E-state index contributed by atoms with van der Waals surface area (Å²) in [5.74, 6) is -1.12. The van der Waals surface area contributed by atoms with Crippen LogP contribution in [0.15, 0.2) is 18.2 Å². The fraction of sp³-hybridized carbons (Fsp3) is 0.429. The van der Waals surface area contributed by atoms with Crippen LogP contribution in [0.4, 0.5) is 0 Å². The first-order valence-electron chi connectivity index (χ1n) is 6.20. The fourth-order valence-electron chi connectivity index (χ4n) is 1.61. The predicted molar refractivity (Wildman–Crippen MR) is 76.1 cm³/mol. The molecule has 0 fully saturated rings. The van der Waals surface area contributed by atoms with Gasteiger partial charge in [-0.3, -0.25) is 4.79 Å². The molecule has 1 aromatic rings. The van der Waals surface area contributed by atoms with Gasteiger partial charge in [-0.25, -0.2) is 4.79 Å². The highest BCUT2D eigenvalue weighted by Gasteiger charge is 2.22. The van der Waals surface area contributed by atoms with Crippen LogP contribution >= 0.6 is 11.6 Å². The number of carboxylic acid groups (broad SMARTS) is 1. The number of nitrogens with one attached hydrogen (secondary N) is 1. The minimum atomic E-state index is -1.08. The first-order valence-corrected chi connectivity index (χ1v) is 6.58. The van der Waals surface area contributed by atoms with E-state index in [2.05, 4.69) is 5.32 Å². The first-order chi connectivity index (χ1) is 9.35. The number of amides is 1. The molecule has 0 saturated heterocycles. The number of methoxy groups -OCH3 is 1. The van der Waals surface area contributed by atoms with Gasteiger partial charge in [-0.1, -0.05) is 31.5 Å². The largest absolute Gasteiger partial charge is 0.495 e. The lowest BCUT2D eigenvalue weighted by molar-refractivity contribution is -0.142. The Kier molecular flexibility index (Phi) is 5.82. The molecule has 0 spiro atoms. The zero-order chi connectivity index (χ0) is 15.3. The molecule has 0 saturated carbocycles. The van der Waals surface area contributed by atoms with Gasteiger partial charge < -0.3 is 15.2 Å². The van der Waals surface area contributed by atoms with E-state index < -0.39 is 12.0 Å². The van der Waals surface area contributed by atoms with Gasteiger partial charge in [0.2, 0.25) is 5.91 Å². The number of benzene rings is 1. The minimum Gasteiger partial charge on any atom is -0.495 e. The number of ether oxygens (including phenoxy) is 1. The molecule has 1 rings (SSSR count). The lowest BCUT2D eigenvalue weighted by atomic mass is 10.0. The summed E-state index contributed by atoms with van der Waals surface area (Å²) >= 11 is 5.99. The Bertz CT molecular complexity index is 502. The second-order valence-corrected chi connectivity index (χ2v) is 5.13. The molecule has 0 radical (unpaired) electrons. The molecule has 0 aromatic heterocycles. The zero-order valence-electron chi connectivity index (χ0n) is 11.6. The fourth-order valence-corrected chi connectivity index (χ4v) is 1.89. The Labute approximate surface area is 122 Å². The second kappa shape index (κ2) is 7.14. The molecule has 0 aliphatic heterocycles. The van der Waals surface area contributed by atoms with Crippen LogP contribution in [-0.2, 0) is 16.0 Å². The van der Waals surface area contributed by atoms with E-state index in [1.807, 2.05) is 0 Å².